The summed E-state index contributed by atoms with van der Waals surface area (Å²) in [4.78, 5) is 0. The number of hydrogen-bond acceptors (Lipinski definition) is 3. The van der Waals surface area contributed by atoms with Crippen LogP contribution in [0.15, 0.2) is 91.0 Å². The van der Waals surface area contributed by atoms with E-state index in [4.69, 9.17) is 32.7 Å². The lowest BCUT2D eigenvalue weighted by Crippen LogP contribution is -2.02. The van der Waals surface area contributed by atoms with Crippen LogP contribution < -0.4 is 14.8 Å². The van der Waals surface area contributed by atoms with Gasteiger partial charge in [-0.2, -0.15) is 0 Å². The van der Waals surface area contributed by atoms with Gasteiger partial charge in [0.15, 0.2) is 5.75 Å². The number of nitrogens with one attached hydrogen (secondary N) is 1. The summed E-state index contributed by atoms with van der Waals surface area (Å²) in [5, 5.41) is 4.07. The minimum absolute atomic E-state index is 0.0428. The van der Waals surface area contributed by atoms with Crippen LogP contribution >= 0.6 is 23.2 Å². The van der Waals surface area contributed by atoms with E-state index in [9.17, 15) is 4.39 Å². The third kappa shape index (κ3) is 5.72. The number of halogens is 3. The molecule has 1 N–H and O–H groups in total. The Kier molecular flexibility index (Phi) is 7.15. The molecule has 0 aliphatic carbocycles. The highest BCUT2D eigenvalue weighted by Crippen LogP contribution is 2.35. The maximum atomic E-state index is 13.8. The molecule has 6 heteroatoms. The van der Waals surface area contributed by atoms with E-state index in [1.807, 2.05) is 54.6 Å². The third-order valence-corrected chi connectivity index (χ3v) is 5.28. The van der Waals surface area contributed by atoms with E-state index >= 15 is 0 Å². The monoisotopic (exact) mass is 467 g/mol. The topological polar surface area (TPSA) is 30.5 Å². The van der Waals surface area contributed by atoms with Crippen molar-refractivity contribution in [1.82, 2.24) is 0 Å². The fourth-order valence-electron chi connectivity index (χ4n) is 3.09. The van der Waals surface area contributed by atoms with Gasteiger partial charge in [-0.15, -0.1) is 0 Å². The lowest BCUT2D eigenvalue weighted by Gasteiger charge is -2.13. The van der Waals surface area contributed by atoms with Gasteiger partial charge in [-0.3, -0.25) is 0 Å². The van der Waals surface area contributed by atoms with Crippen LogP contribution in [0.25, 0.3) is 0 Å². The number of para-hydroxylation sites is 1. The molecule has 0 heterocycles. The first-order valence-electron chi connectivity index (χ1n) is 9.99. The van der Waals surface area contributed by atoms with Crippen LogP contribution in [0.3, 0.4) is 0 Å². The quantitative estimate of drug-likeness (QED) is 0.283. The highest BCUT2D eigenvalue weighted by atomic mass is 35.5. The van der Waals surface area contributed by atoms with Crippen molar-refractivity contribution < 1.29 is 13.9 Å². The van der Waals surface area contributed by atoms with Crippen molar-refractivity contribution in [2.45, 2.75) is 13.2 Å². The average Bonchev–Trinajstić information content (AvgIpc) is 2.80. The normalized spacial score (nSPS) is 10.6. The minimum atomic E-state index is -0.333. The summed E-state index contributed by atoms with van der Waals surface area (Å²) < 4.78 is 25.3. The highest BCUT2D eigenvalue weighted by molar-refractivity contribution is 6.37. The van der Waals surface area contributed by atoms with Gasteiger partial charge in [-0.1, -0.05) is 59.6 Å². The number of hydrogen-bond donors (Lipinski definition) is 1. The number of anilines is 1. The summed E-state index contributed by atoms with van der Waals surface area (Å²) in [5.74, 6) is 1.54. The molecule has 4 rings (SSSR count). The van der Waals surface area contributed by atoms with Crippen molar-refractivity contribution in [1.29, 1.82) is 0 Å². The van der Waals surface area contributed by atoms with Crippen LogP contribution in [0.1, 0.15) is 11.1 Å². The molecule has 32 heavy (non-hydrogen) atoms. The standard InChI is InChI=1S/C26H20Cl2FNO2/c27-23-14-18(15-24(28)26(23)31-17-19-6-4-5-9-25(19)29)16-30-20-10-12-22(13-11-20)32-21-7-2-1-3-8-21/h1-15,30H,16-17H2. The SMILES string of the molecule is Fc1ccccc1COc1c(Cl)cc(CNc2ccc(Oc3ccccc3)cc2)cc1Cl. The Balaban J connectivity index is 1.36. The number of ether oxygens (including phenoxy) is 2. The van der Waals surface area contributed by atoms with Crippen LogP contribution in [-0.4, -0.2) is 0 Å². The van der Waals surface area contributed by atoms with Crippen molar-refractivity contribution in [3.05, 3.63) is 118 Å². The molecule has 0 atom stereocenters. The molecule has 0 bridgehead atoms. The summed E-state index contributed by atoms with van der Waals surface area (Å²) in [5.41, 5.74) is 2.26. The van der Waals surface area contributed by atoms with Crippen LogP contribution in [0.5, 0.6) is 17.2 Å². The molecule has 4 aromatic carbocycles. The fourth-order valence-corrected chi connectivity index (χ4v) is 3.73. The molecule has 162 valence electrons. The first-order valence-corrected chi connectivity index (χ1v) is 10.7. The van der Waals surface area contributed by atoms with E-state index in [2.05, 4.69) is 5.32 Å². The molecular formula is C26H20Cl2FNO2. The zero-order chi connectivity index (χ0) is 22.3. The van der Waals surface area contributed by atoms with Crippen molar-refractivity contribution in [2.75, 3.05) is 5.32 Å². The van der Waals surface area contributed by atoms with Crippen molar-refractivity contribution >= 4 is 28.9 Å². The molecule has 0 amide bonds. The summed E-state index contributed by atoms with van der Waals surface area (Å²) in [6.45, 7) is 0.563. The van der Waals surface area contributed by atoms with E-state index in [1.165, 1.54) is 6.07 Å². The zero-order valence-corrected chi connectivity index (χ0v) is 18.5. The predicted molar refractivity (Wildman–Crippen MR) is 127 cm³/mol. The summed E-state index contributed by atoms with van der Waals surface area (Å²) in [7, 11) is 0. The second kappa shape index (κ2) is 10.4. The molecule has 0 aromatic heterocycles. The van der Waals surface area contributed by atoms with E-state index in [0.717, 1.165) is 22.7 Å². The number of benzene rings is 4. The Labute approximate surface area is 196 Å². The van der Waals surface area contributed by atoms with Gasteiger partial charge in [0.1, 0.15) is 23.9 Å². The maximum absolute atomic E-state index is 13.8. The lowest BCUT2D eigenvalue weighted by atomic mass is 10.2. The van der Waals surface area contributed by atoms with Gasteiger partial charge in [0.05, 0.1) is 10.0 Å². The molecule has 0 aliphatic heterocycles. The first kappa shape index (κ1) is 22.0. The zero-order valence-electron chi connectivity index (χ0n) is 17.0. The van der Waals surface area contributed by atoms with Gasteiger partial charge < -0.3 is 14.8 Å². The maximum Gasteiger partial charge on any atom is 0.156 e. The van der Waals surface area contributed by atoms with Gasteiger partial charge >= 0.3 is 0 Å². The summed E-state index contributed by atoms with van der Waals surface area (Å²) >= 11 is 12.7. The van der Waals surface area contributed by atoms with Gasteiger partial charge in [0, 0.05) is 17.8 Å². The van der Waals surface area contributed by atoms with Crippen LogP contribution in [0, 0.1) is 5.82 Å². The second-order valence-corrected chi connectivity index (χ2v) is 7.88. The summed E-state index contributed by atoms with van der Waals surface area (Å²) in [6.07, 6.45) is 0. The molecule has 0 radical (unpaired) electrons. The molecule has 4 aromatic rings. The fraction of sp³-hybridized carbons (Fsp3) is 0.0769. The van der Waals surface area contributed by atoms with Crippen molar-refractivity contribution in [3.8, 4) is 17.2 Å². The smallest absolute Gasteiger partial charge is 0.156 e. The van der Waals surface area contributed by atoms with Gasteiger partial charge in [-0.05, 0) is 60.2 Å². The first-order chi connectivity index (χ1) is 15.6. The van der Waals surface area contributed by atoms with E-state index in [1.54, 1.807) is 30.3 Å². The number of rotatable bonds is 8. The Morgan fingerprint density at radius 2 is 1.38 bits per heavy atom. The molecular weight excluding hydrogens is 448 g/mol. The van der Waals surface area contributed by atoms with Gasteiger partial charge in [0.2, 0.25) is 0 Å². The van der Waals surface area contributed by atoms with Crippen molar-refractivity contribution in [3.63, 3.8) is 0 Å². The molecule has 0 fully saturated rings. The van der Waals surface area contributed by atoms with Gasteiger partial charge in [-0.25, -0.2) is 4.39 Å². The molecule has 0 saturated carbocycles. The van der Waals surface area contributed by atoms with Crippen LogP contribution in [0.4, 0.5) is 10.1 Å². The largest absolute Gasteiger partial charge is 0.486 e. The van der Waals surface area contributed by atoms with Crippen LogP contribution in [-0.2, 0) is 13.2 Å². The second-order valence-electron chi connectivity index (χ2n) is 7.06. The minimum Gasteiger partial charge on any atom is -0.486 e. The predicted octanol–water partition coefficient (Wildman–Crippen LogP) is 8.12. The van der Waals surface area contributed by atoms with E-state index < -0.39 is 0 Å². The molecule has 0 spiro atoms. The van der Waals surface area contributed by atoms with Crippen LogP contribution in [0.2, 0.25) is 10.0 Å². The summed E-state index contributed by atoms with van der Waals surface area (Å²) in [6, 6.07) is 27.3. The molecule has 0 saturated heterocycles. The Morgan fingerprint density at radius 1 is 0.750 bits per heavy atom. The Bertz CT molecular complexity index is 1160. The van der Waals surface area contributed by atoms with Crippen molar-refractivity contribution in [2.24, 2.45) is 0 Å². The average molecular weight is 468 g/mol. The van der Waals surface area contributed by atoms with E-state index in [-0.39, 0.29) is 12.4 Å². The third-order valence-electron chi connectivity index (χ3n) is 4.72. The lowest BCUT2D eigenvalue weighted by molar-refractivity contribution is 0.300. The molecule has 0 aliphatic rings. The van der Waals surface area contributed by atoms with E-state index in [0.29, 0.717) is 27.9 Å². The molecule has 3 nitrogen and oxygen atoms in total. The molecule has 0 unspecified atom stereocenters. The van der Waals surface area contributed by atoms with Gasteiger partial charge in [0.25, 0.3) is 0 Å². The highest BCUT2D eigenvalue weighted by Gasteiger charge is 2.11. The Hall–Kier alpha value is -3.21. The Morgan fingerprint density at radius 3 is 2.06 bits per heavy atom.